The molecule has 0 radical (unpaired) electrons. The molecule has 0 aromatic heterocycles. The molecule has 4 aromatic carbocycles. The van der Waals surface area contributed by atoms with E-state index in [0.717, 1.165) is 33.8 Å². The van der Waals surface area contributed by atoms with Gasteiger partial charge in [0.2, 0.25) is 0 Å². The minimum absolute atomic E-state index is 0.239. The molecule has 4 nitrogen and oxygen atoms in total. The summed E-state index contributed by atoms with van der Waals surface area (Å²) >= 11 is 0. The van der Waals surface area contributed by atoms with Crippen LogP contribution in [0.5, 0.6) is 17.2 Å². The van der Waals surface area contributed by atoms with Crippen molar-refractivity contribution in [2.75, 3.05) is 0 Å². The van der Waals surface area contributed by atoms with Crippen molar-refractivity contribution in [1.29, 1.82) is 0 Å². The average Bonchev–Trinajstić information content (AvgIpc) is 2.87. The third-order valence-corrected chi connectivity index (χ3v) is 5.73. The summed E-state index contributed by atoms with van der Waals surface area (Å²) in [6.07, 6.45) is 0. The van der Waals surface area contributed by atoms with Crippen molar-refractivity contribution in [2.24, 2.45) is 5.73 Å². The molecule has 0 saturated heterocycles. The van der Waals surface area contributed by atoms with E-state index in [1.807, 2.05) is 54.6 Å². The van der Waals surface area contributed by atoms with Crippen LogP contribution in [0.2, 0.25) is 0 Å². The summed E-state index contributed by atoms with van der Waals surface area (Å²) in [5, 5.41) is 9.49. The van der Waals surface area contributed by atoms with E-state index in [1.165, 1.54) is 5.56 Å². The number of hydrogen-bond acceptors (Lipinski definition) is 4. The molecule has 4 rings (SSSR count). The Kier molecular flexibility index (Phi) is 7.28. The second kappa shape index (κ2) is 10.7. The lowest BCUT2D eigenvalue weighted by molar-refractivity contribution is 0.300. The fourth-order valence-corrected chi connectivity index (χ4v) is 3.67. The minimum Gasteiger partial charge on any atom is -0.508 e. The third-order valence-electron chi connectivity index (χ3n) is 5.73. The summed E-state index contributed by atoms with van der Waals surface area (Å²) in [4.78, 5) is 0. The topological polar surface area (TPSA) is 64.7 Å². The van der Waals surface area contributed by atoms with Crippen LogP contribution in [0.3, 0.4) is 0 Å². The molecule has 168 valence electrons. The van der Waals surface area contributed by atoms with Crippen molar-refractivity contribution in [3.63, 3.8) is 0 Å². The van der Waals surface area contributed by atoms with Gasteiger partial charge in [-0.1, -0.05) is 61.5 Å². The standard InChI is InChI=1S/C29H29NO3/c1-21(25-7-11-27(31)12-8-25)26-9-15-29(16-10-26)33-20-24-4-2-3-23(17-24)19-32-28-13-5-22(18-30)6-14-28/h2-17,21,31H,18-20,30H2,1H3. The number of hydrogen-bond donors (Lipinski definition) is 2. The van der Waals surface area contributed by atoms with E-state index in [0.29, 0.717) is 19.8 Å². The minimum atomic E-state index is 0.239. The van der Waals surface area contributed by atoms with E-state index in [2.05, 4.69) is 37.3 Å². The van der Waals surface area contributed by atoms with Crippen LogP contribution in [-0.2, 0) is 19.8 Å². The highest BCUT2D eigenvalue weighted by atomic mass is 16.5. The lowest BCUT2D eigenvalue weighted by atomic mass is 9.93. The van der Waals surface area contributed by atoms with Gasteiger partial charge in [0.1, 0.15) is 30.5 Å². The quantitative estimate of drug-likeness (QED) is 0.328. The maximum absolute atomic E-state index is 9.49. The molecule has 4 aromatic rings. The highest BCUT2D eigenvalue weighted by Crippen LogP contribution is 2.27. The maximum Gasteiger partial charge on any atom is 0.119 e. The van der Waals surface area contributed by atoms with Crippen molar-refractivity contribution >= 4 is 0 Å². The van der Waals surface area contributed by atoms with Gasteiger partial charge in [-0.15, -0.1) is 0 Å². The highest BCUT2D eigenvalue weighted by Gasteiger charge is 2.09. The number of rotatable bonds is 9. The fraction of sp³-hybridized carbons (Fsp3) is 0.172. The summed E-state index contributed by atoms with van der Waals surface area (Å²) in [5.74, 6) is 2.18. The van der Waals surface area contributed by atoms with Crippen LogP contribution < -0.4 is 15.2 Å². The van der Waals surface area contributed by atoms with Crippen molar-refractivity contribution in [3.8, 4) is 17.2 Å². The summed E-state index contributed by atoms with van der Waals surface area (Å²) in [6, 6.07) is 31.6. The monoisotopic (exact) mass is 439 g/mol. The van der Waals surface area contributed by atoms with Gasteiger partial charge in [0.25, 0.3) is 0 Å². The number of nitrogens with two attached hydrogens (primary N) is 1. The van der Waals surface area contributed by atoms with Crippen molar-refractivity contribution in [1.82, 2.24) is 0 Å². The van der Waals surface area contributed by atoms with Gasteiger partial charge in [0.05, 0.1) is 0 Å². The van der Waals surface area contributed by atoms with Crippen molar-refractivity contribution in [3.05, 3.63) is 125 Å². The first-order valence-electron chi connectivity index (χ1n) is 11.1. The molecule has 4 heteroatoms. The molecule has 0 aliphatic carbocycles. The van der Waals surface area contributed by atoms with Gasteiger partial charge in [0.15, 0.2) is 0 Å². The van der Waals surface area contributed by atoms with Crippen LogP contribution in [0.15, 0.2) is 97.1 Å². The summed E-state index contributed by atoms with van der Waals surface area (Å²) < 4.78 is 11.9. The lowest BCUT2D eigenvalue weighted by Crippen LogP contribution is -2.00. The molecule has 33 heavy (non-hydrogen) atoms. The Labute approximate surface area is 195 Å². The summed E-state index contributed by atoms with van der Waals surface area (Å²) in [7, 11) is 0. The normalized spacial score (nSPS) is 11.7. The zero-order valence-corrected chi connectivity index (χ0v) is 18.8. The first-order chi connectivity index (χ1) is 16.1. The van der Waals surface area contributed by atoms with E-state index in [-0.39, 0.29) is 11.7 Å². The van der Waals surface area contributed by atoms with E-state index < -0.39 is 0 Å². The Morgan fingerprint density at radius 1 is 0.667 bits per heavy atom. The van der Waals surface area contributed by atoms with E-state index in [9.17, 15) is 5.11 Å². The molecular formula is C29H29NO3. The number of aromatic hydroxyl groups is 1. The van der Waals surface area contributed by atoms with Crippen LogP contribution in [0.25, 0.3) is 0 Å². The molecular weight excluding hydrogens is 410 g/mol. The Hall–Kier alpha value is -3.76. The number of benzene rings is 4. The molecule has 0 heterocycles. The van der Waals surface area contributed by atoms with Crippen LogP contribution in [-0.4, -0.2) is 5.11 Å². The number of phenols is 1. The molecule has 1 unspecified atom stereocenters. The predicted octanol–water partition coefficient (Wildman–Crippen LogP) is 6.16. The van der Waals surface area contributed by atoms with E-state index in [1.54, 1.807) is 12.1 Å². The molecule has 0 bridgehead atoms. The first kappa shape index (κ1) is 22.4. The number of ether oxygens (including phenoxy) is 2. The first-order valence-corrected chi connectivity index (χ1v) is 11.1. The van der Waals surface area contributed by atoms with Crippen molar-refractivity contribution < 1.29 is 14.6 Å². The van der Waals surface area contributed by atoms with E-state index >= 15 is 0 Å². The van der Waals surface area contributed by atoms with Crippen LogP contribution >= 0.6 is 0 Å². The third kappa shape index (κ3) is 6.15. The molecule has 0 aliphatic rings. The maximum atomic E-state index is 9.49. The smallest absolute Gasteiger partial charge is 0.119 e. The Bertz CT molecular complexity index is 1150. The second-order valence-corrected chi connectivity index (χ2v) is 8.13. The molecule has 0 aliphatic heterocycles. The summed E-state index contributed by atoms with van der Waals surface area (Å²) in [6.45, 7) is 3.68. The fourth-order valence-electron chi connectivity index (χ4n) is 3.67. The zero-order chi connectivity index (χ0) is 23.0. The van der Waals surface area contributed by atoms with Gasteiger partial charge in [-0.2, -0.15) is 0 Å². The van der Waals surface area contributed by atoms with Crippen LogP contribution in [0, 0.1) is 0 Å². The van der Waals surface area contributed by atoms with Gasteiger partial charge < -0.3 is 20.3 Å². The van der Waals surface area contributed by atoms with Crippen LogP contribution in [0.4, 0.5) is 0 Å². The lowest BCUT2D eigenvalue weighted by Gasteiger charge is -2.14. The second-order valence-electron chi connectivity index (χ2n) is 8.13. The Morgan fingerprint density at radius 2 is 1.15 bits per heavy atom. The van der Waals surface area contributed by atoms with Gasteiger partial charge in [0, 0.05) is 12.5 Å². The molecule has 1 atom stereocenters. The molecule has 0 amide bonds. The Balaban J connectivity index is 1.31. The predicted molar refractivity (Wildman–Crippen MR) is 132 cm³/mol. The van der Waals surface area contributed by atoms with E-state index in [4.69, 9.17) is 15.2 Å². The summed E-state index contributed by atoms with van der Waals surface area (Å²) in [5.41, 5.74) is 11.3. The van der Waals surface area contributed by atoms with Crippen LogP contribution in [0.1, 0.15) is 40.7 Å². The Morgan fingerprint density at radius 3 is 1.67 bits per heavy atom. The largest absolute Gasteiger partial charge is 0.508 e. The van der Waals surface area contributed by atoms with Gasteiger partial charge in [-0.05, 0) is 70.3 Å². The van der Waals surface area contributed by atoms with Crippen molar-refractivity contribution in [2.45, 2.75) is 32.6 Å². The molecule has 0 spiro atoms. The average molecular weight is 440 g/mol. The van der Waals surface area contributed by atoms with Gasteiger partial charge >= 0.3 is 0 Å². The highest BCUT2D eigenvalue weighted by molar-refractivity contribution is 5.37. The molecule has 3 N–H and O–H groups in total. The molecule has 0 saturated carbocycles. The van der Waals surface area contributed by atoms with Gasteiger partial charge in [-0.3, -0.25) is 0 Å². The SMILES string of the molecule is CC(c1ccc(O)cc1)c1ccc(OCc2cccc(COc3ccc(CN)cc3)c2)cc1. The zero-order valence-electron chi connectivity index (χ0n) is 18.8. The molecule has 0 fully saturated rings. The number of phenolic OH excluding ortho intramolecular Hbond substituents is 1. The van der Waals surface area contributed by atoms with Gasteiger partial charge in [-0.25, -0.2) is 0 Å².